The van der Waals surface area contributed by atoms with Crippen LogP contribution in [-0.2, 0) is 19.6 Å². The predicted molar refractivity (Wildman–Crippen MR) is 131 cm³/mol. The Bertz CT molecular complexity index is 930. The zero-order chi connectivity index (χ0) is 22.1. The third-order valence-electron chi connectivity index (χ3n) is 5.28. The monoisotopic (exact) mass is 556 g/mol. The van der Waals surface area contributed by atoms with E-state index in [4.69, 9.17) is 4.74 Å². The van der Waals surface area contributed by atoms with E-state index >= 15 is 0 Å². The summed E-state index contributed by atoms with van der Waals surface area (Å²) in [4.78, 5) is 12.7. The predicted octanol–water partition coefficient (Wildman–Crippen LogP) is 4.34. The van der Waals surface area contributed by atoms with E-state index in [-0.39, 0.29) is 17.3 Å². The number of halogens is 1. The van der Waals surface area contributed by atoms with Gasteiger partial charge in [0.15, 0.2) is 0 Å². The van der Waals surface area contributed by atoms with Crippen molar-refractivity contribution in [1.29, 1.82) is 0 Å². The van der Waals surface area contributed by atoms with Crippen molar-refractivity contribution >= 4 is 44.2 Å². The molecule has 1 aliphatic rings. The number of sulfonamides is 1. The third-order valence-corrected chi connectivity index (χ3v) is 7.79. The Morgan fingerprint density at radius 3 is 2.39 bits per heavy atom. The van der Waals surface area contributed by atoms with Gasteiger partial charge in [-0.15, -0.1) is 0 Å². The summed E-state index contributed by atoms with van der Waals surface area (Å²) in [6, 6.07) is 15.3. The molecule has 2 aromatic rings. The van der Waals surface area contributed by atoms with Crippen LogP contribution in [0.15, 0.2) is 59.5 Å². The SMILES string of the molecule is O=C(CN(c1ccc(I)cc1)S(=O)(=O)c1ccccc1)NCCCOC1CCCCC1. The number of carbonyl (C=O) groups excluding carboxylic acids is 1. The van der Waals surface area contributed by atoms with Crippen LogP contribution in [-0.4, -0.2) is 40.1 Å². The van der Waals surface area contributed by atoms with E-state index in [0.29, 0.717) is 31.4 Å². The average molecular weight is 556 g/mol. The fraction of sp³-hybridized carbons (Fsp3) is 0.435. The first-order chi connectivity index (χ1) is 15.0. The van der Waals surface area contributed by atoms with Crippen molar-refractivity contribution in [3.63, 3.8) is 0 Å². The molecule has 1 saturated carbocycles. The standard InChI is InChI=1S/C23H29IN2O4S/c24-19-12-14-20(15-13-19)26(31(28,29)22-10-5-2-6-11-22)18-23(27)25-16-7-17-30-21-8-3-1-4-9-21/h2,5-6,10-15,21H,1,3-4,7-9,16-18H2,(H,25,27). The lowest BCUT2D eigenvalue weighted by Crippen LogP contribution is -2.41. The number of nitrogens with zero attached hydrogens (tertiary/aromatic N) is 1. The molecular formula is C23H29IN2O4S. The normalized spacial score (nSPS) is 14.9. The molecule has 1 N–H and O–H groups in total. The van der Waals surface area contributed by atoms with Gasteiger partial charge in [-0.2, -0.15) is 0 Å². The molecule has 0 saturated heterocycles. The van der Waals surface area contributed by atoms with Gasteiger partial charge in [0, 0.05) is 16.7 Å². The highest BCUT2D eigenvalue weighted by molar-refractivity contribution is 14.1. The summed E-state index contributed by atoms with van der Waals surface area (Å²) in [5.74, 6) is -0.337. The highest BCUT2D eigenvalue weighted by atomic mass is 127. The van der Waals surface area contributed by atoms with Gasteiger partial charge in [0.2, 0.25) is 5.91 Å². The molecule has 1 aliphatic carbocycles. The molecule has 31 heavy (non-hydrogen) atoms. The molecule has 3 rings (SSSR count). The van der Waals surface area contributed by atoms with Crippen LogP contribution in [0.3, 0.4) is 0 Å². The molecule has 0 aliphatic heterocycles. The maximum absolute atomic E-state index is 13.2. The Hall–Kier alpha value is -1.65. The van der Waals surface area contributed by atoms with E-state index in [2.05, 4.69) is 27.9 Å². The molecule has 0 spiro atoms. The molecule has 0 bridgehead atoms. The van der Waals surface area contributed by atoms with Crippen molar-refractivity contribution in [2.75, 3.05) is 24.0 Å². The van der Waals surface area contributed by atoms with Gasteiger partial charge in [-0.3, -0.25) is 9.10 Å². The zero-order valence-corrected chi connectivity index (χ0v) is 20.5. The van der Waals surface area contributed by atoms with Crippen LogP contribution in [0, 0.1) is 3.57 Å². The van der Waals surface area contributed by atoms with Crippen molar-refractivity contribution in [3.05, 3.63) is 58.2 Å². The summed E-state index contributed by atoms with van der Waals surface area (Å²) in [5.41, 5.74) is 0.458. The van der Waals surface area contributed by atoms with Crippen molar-refractivity contribution in [1.82, 2.24) is 5.32 Å². The third kappa shape index (κ3) is 7.18. The number of hydrogen-bond acceptors (Lipinski definition) is 4. The fourth-order valence-corrected chi connectivity index (χ4v) is 5.41. The van der Waals surface area contributed by atoms with Crippen molar-refractivity contribution < 1.29 is 17.9 Å². The van der Waals surface area contributed by atoms with E-state index < -0.39 is 10.0 Å². The molecule has 8 heteroatoms. The van der Waals surface area contributed by atoms with E-state index in [1.165, 1.54) is 31.4 Å². The van der Waals surface area contributed by atoms with Gasteiger partial charge in [-0.05, 0) is 78.3 Å². The van der Waals surface area contributed by atoms with Crippen molar-refractivity contribution in [3.8, 4) is 0 Å². The largest absolute Gasteiger partial charge is 0.378 e. The minimum atomic E-state index is -3.87. The first-order valence-corrected chi connectivity index (χ1v) is 13.2. The Kier molecular flexibility index (Phi) is 9.15. The first kappa shape index (κ1) is 24.0. The topological polar surface area (TPSA) is 75.7 Å². The molecule has 168 valence electrons. The molecule has 0 atom stereocenters. The van der Waals surface area contributed by atoms with Gasteiger partial charge in [0.05, 0.1) is 16.7 Å². The number of amides is 1. The number of rotatable bonds is 10. The summed E-state index contributed by atoms with van der Waals surface area (Å²) in [5, 5.41) is 2.83. The first-order valence-electron chi connectivity index (χ1n) is 10.7. The Balaban J connectivity index is 1.59. The molecule has 0 aromatic heterocycles. The van der Waals surface area contributed by atoms with Crippen molar-refractivity contribution in [2.45, 2.75) is 49.5 Å². The molecular weight excluding hydrogens is 527 g/mol. The number of carbonyl (C=O) groups is 1. The lowest BCUT2D eigenvalue weighted by atomic mass is 9.98. The zero-order valence-electron chi connectivity index (χ0n) is 17.5. The molecule has 0 heterocycles. The molecule has 0 unspecified atom stereocenters. The van der Waals surface area contributed by atoms with Crippen LogP contribution in [0.2, 0.25) is 0 Å². The molecule has 1 fully saturated rings. The Morgan fingerprint density at radius 2 is 1.71 bits per heavy atom. The quantitative estimate of drug-likeness (QED) is 0.349. The van der Waals surface area contributed by atoms with E-state index in [1.807, 2.05) is 12.1 Å². The summed E-state index contributed by atoms with van der Waals surface area (Å²) < 4.78 is 34.5. The smallest absolute Gasteiger partial charge is 0.264 e. The summed E-state index contributed by atoms with van der Waals surface area (Å²) in [7, 11) is -3.87. The van der Waals surface area contributed by atoms with E-state index in [0.717, 1.165) is 20.7 Å². The number of nitrogens with one attached hydrogen (secondary N) is 1. The van der Waals surface area contributed by atoms with E-state index in [1.54, 1.807) is 30.3 Å². The van der Waals surface area contributed by atoms with Crippen LogP contribution < -0.4 is 9.62 Å². The number of anilines is 1. The molecule has 6 nitrogen and oxygen atoms in total. The molecule has 0 radical (unpaired) electrons. The highest BCUT2D eigenvalue weighted by Crippen LogP contribution is 2.24. The second-order valence-electron chi connectivity index (χ2n) is 7.64. The van der Waals surface area contributed by atoms with Gasteiger partial charge in [0.25, 0.3) is 10.0 Å². The van der Waals surface area contributed by atoms with Crippen LogP contribution in [0.25, 0.3) is 0 Å². The fourth-order valence-electron chi connectivity index (χ4n) is 3.61. The highest BCUT2D eigenvalue weighted by Gasteiger charge is 2.27. The van der Waals surface area contributed by atoms with Crippen LogP contribution in [0.5, 0.6) is 0 Å². The van der Waals surface area contributed by atoms with Gasteiger partial charge in [0.1, 0.15) is 6.54 Å². The number of hydrogen-bond donors (Lipinski definition) is 1. The lowest BCUT2D eigenvalue weighted by molar-refractivity contribution is -0.119. The van der Waals surface area contributed by atoms with Gasteiger partial charge in [-0.25, -0.2) is 8.42 Å². The Morgan fingerprint density at radius 1 is 1.03 bits per heavy atom. The Labute approximate surface area is 198 Å². The lowest BCUT2D eigenvalue weighted by Gasteiger charge is -2.24. The van der Waals surface area contributed by atoms with Crippen LogP contribution >= 0.6 is 22.6 Å². The maximum atomic E-state index is 13.2. The van der Waals surface area contributed by atoms with Crippen molar-refractivity contribution in [2.24, 2.45) is 0 Å². The van der Waals surface area contributed by atoms with Crippen LogP contribution in [0.1, 0.15) is 38.5 Å². The number of benzene rings is 2. The summed E-state index contributed by atoms with van der Waals surface area (Å²) in [6.45, 7) is 0.785. The number of ether oxygens (including phenoxy) is 1. The average Bonchev–Trinajstić information content (AvgIpc) is 2.79. The van der Waals surface area contributed by atoms with Gasteiger partial charge >= 0.3 is 0 Å². The van der Waals surface area contributed by atoms with Gasteiger partial charge < -0.3 is 10.1 Å². The molecule has 1 amide bonds. The summed E-state index contributed by atoms with van der Waals surface area (Å²) >= 11 is 2.16. The minimum Gasteiger partial charge on any atom is -0.378 e. The van der Waals surface area contributed by atoms with E-state index in [9.17, 15) is 13.2 Å². The minimum absolute atomic E-state index is 0.155. The summed E-state index contributed by atoms with van der Waals surface area (Å²) in [6.07, 6.45) is 7.04. The molecule has 2 aromatic carbocycles. The van der Waals surface area contributed by atoms with Gasteiger partial charge in [-0.1, -0.05) is 37.5 Å². The second kappa shape index (κ2) is 11.8. The second-order valence-corrected chi connectivity index (χ2v) is 10.7. The maximum Gasteiger partial charge on any atom is 0.264 e. The van der Waals surface area contributed by atoms with Crippen LogP contribution in [0.4, 0.5) is 5.69 Å².